The van der Waals surface area contributed by atoms with Gasteiger partial charge in [0.1, 0.15) is 11.5 Å². The Bertz CT molecular complexity index is 1100. The summed E-state index contributed by atoms with van der Waals surface area (Å²) in [6.07, 6.45) is 1.88. The maximum Gasteiger partial charge on any atom is 0.128 e. The smallest absolute Gasteiger partial charge is 0.128 e. The van der Waals surface area contributed by atoms with E-state index in [4.69, 9.17) is 16.3 Å². The van der Waals surface area contributed by atoms with Gasteiger partial charge in [0.05, 0.1) is 17.6 Å². The van der Waals surface area contributed by atoms with Crippen molar-refractivity contribution in [2.45, 2.75) is 6.92 Å². The molecule has 0 amide bonds. The van der Waals surface area contributed by atoms with Gasteiger partial charge in [-0.25, -0.2) is 0 Å². The van der Waals surface area contributed by atoms with Gasteiger partial charge in [-0.15, -0.1) is 0 Å². The van der Waals surface area contributed by atoms with Gasteiger partial charge in [-0.1, -0.05) is 35.9 Å². The normalized spacial score (nSPS) is 11.1. The molecule has 0 bridgehead atoms. The van der Waals surface area contributed by atoms with Crippen LogP contribution in [0, 0.1) is 6.92 Å². The Hall–Kier alpha value is -3.30. The van der Waals surface area contributed by atoms with Crippen LogP contribution in [0.3, 0.4) is 0 Å². The molecule has 3 aromatic carbocycles. The standard InChI is InChI=1S/C24H19ClN2O/c1-18-10-13-22(27(18)21-7-3-2-4-8-21)17-26-20-11-14-23(15-12-20)28-24-9-5-6-19(25)16-24/h2-17H,1H3. The van der Waals surface area contributed by atoms with Crippen LogP contribution in [0.25, 0.3) is 5.69 Å². The highest BCUT2D eigenvalue weighted by molar-refractivity contribution is 6.30. The van der Waals surface area contributed by atoms with E-state index >= 15 is 0 Å². The fourth-order valence-electron chi connectivity index (χ4n) is 3.00. The van der Waals surface area contributed by atoms with Crippen molar-refractivity contribution in [3.05, 3.63) is 107 Å². The zero-order chi connectivity index (χ0) is 19.3. The van der Waals surface area contributed by atoms with Crippen molar-refractivity contribution in [3.63, 3.8) is 0 Å². The molecule has 1 heterocycles. The van der Waals surface area contributed by atoms with E-state index in [-0.39, 0.29) is 0 Å². The Morgan fingerprint density at radius 2 is 1.61 bits per heavy atom. The monoisotopic (exact) mass is 386 g/mol. The molecule has 0 spiro atoms. The molecule has 0 saturated heterocycles. The quantitative estimate of drug-likeness (QED) is 0.340. The maximum absolute atomic E-state index is 5.99. The molecule has 0 aliphatic carbocycles. The number of ether oxygens (including phenoxy) is 1. The highest BCUT2D eigenvalue weighted by Gasteiger charge is 2.05. The van der Waals surface area contributed by atoms with E-state index in [2.05, 4.69) is 40.7 Å². The van der Waals surface area contributed by atoms with Crippen LogP contribution < -0.4 is 4.74 Å². The van der Waals surface area contributed by atoms with Crippen LogP contribution in [0.4, 0.5) is 5.69 Å². The summed E-state index contributed by atoms with van der Waals surface area (Å²) in [6.45, 7) is 2.09. The van der Waals surface area contributed by atoms with Crippen molar-refractivity contribution in [3.8, 4) is 17.2 Å². The van der Waals surface area contributed by atoms with E-state index < -0.39 is 0 Å². The van der Waals surface area contributed by atoms with Crippen LogP contribution >= 0.6 is 11.6 Å². The van der Waals surface area contributed by atoms with Crippen molar-refractivity contribution in [2.24, 2.45) is 4.99 Å². The lowest BCUT2D eigenvalue weighted by Gasteiger charge is -2.09. The predicted molar refractivity (Wildman–Crippen MR) is 116 cm³/mol. The van der Waals surface area contributed by atoms with Gasteiger partial charge < -0.3 is 9.30 Å². The van der Waals surface area contributed by atoms with E-state index in [1.807, 2.05) is 66.9 Å². The molecule has 0 unspecified atom stereocenters. The molecule has 0 fully saturated rings. The number of hydrogen-bond acceptors (Lipinski definition) is 2. The molecule has 0 aliphatic heterocycles. The van der Waals surface area contributed by atoms with Crippen molar-refractivity contribution >= 4 is 23.5 Å². The minimum Gasteiger partial charge on any atom is -0.457 e. The highest BCUT2D eigenvalue weighted by Crippen LogP contribution is 2.26. The molecule has 3 nitrogen and oxygen atoms in total. The average Bonchev–Trinajstić information content (AvgIpc) is 3.08. The first-order chi connectivity index (χ1) is 13.7. The molecule has 0 radical (unpaired) electrons. The van der Waals surface area contributed by atoms with E-state index in [1.54, 1.807) is 6.07 Å². The number of rotatable bonds is 5. The fraction of sp³-hybridized carbons (Fsp3) is 0.0417. The number of benzene rings is 3. The second-order valence-electron chi connectivity index (χ2n) is 6.38. The molecule has 1 aromatic heterocycles. The zero-order valence-corrected chi connectivity index (χ0v) is 16.2. The van der Waals surface area contributed by atoms with Crippen LogP contribution in [0.5, 0.6) is 11.5 Å². The van der Waals surface area contributed by atoms with Gasteiger partial charge in [0.15, 0.2) is 0 Å². The summed E-state index contributed by atoms with van der Waals surface area (Å²) >= 11 is 5.99. The second-order valence-corrected chi connectivity index (χ2v) is 6.82. The molecule has 28 heavy (non-hydrogen) atoms. The molecule has 138 valence electrons. The van der Waals surface area contributed by atoms with Gasteiger partial charge in [-0.05, 0) is 73.7 Å². The molecule has 4 rings (SSSR count). The van der Waals surface area contributed by atoms with Gasteiger partial charge >= 0.3 is 0 Å². The van der Waals surface area contributed by atoms with Crippen LogP contribution in [0.2, 0.25) is 5.02 Å². The molecule has 0 atom stereocenters. The van der Waals surface area contributed by atoms with Gasteiger partial charge in [-0.2, -0.15) is 0 Å². The van der Waals surface area contributed by atoms with Crippen molar-refractivity contribution < 1.29 is 4.74 Å². The topological polar surface area (TPSA) is 26.5 Å². The number of halogens is 1. The van der Waals surface area contributed by atoms with Crippen LogP contribution in [-0.2, 0) is 0 Å². The zero-order valence-electron chi connectivity index (χ0n) is 15.4. The lowest BCUT2D eigenvalue weighted by molar-refractivity contribution is 0.483. The third-order valence-electron chi connectivity index (χ3n) is 4.33. The number of aliphatic imine (C=N–C) groups is 1. The third-order valence-corrected chi connectivity index (χ3v) is 4.57. The minimum atomic E-state index is 0.649. The minimum absolute atomic E-state index is 0.649. The van der Waals surface area contributed by atoms with Crippen molar-refractivity contribution in [1.82, 2.24) is 4.57 Å². The fourth-order valence-corrected chi connectivity index (χ4v) is 3.18. The van der Waals surface area contributed by atoms with E-state index in [0.717, 1.165) is 28.5 Å². The average molecular weight is 387 g/mol. The summed E-state index contributed by atoms with van der Waals surface area (Å²) in [7, 11) is 0. The highest BCUT2D eigenvalue weighted by atomic mass is 35.5. The summed E-state index contributed by atoms with van der Waals surface area (Å²) < 4.78 is 8.00. The SMILES string of the molecule is Cc1ccc(C=Nc2ccc(Oc3cccc(Cl)c3)cc2)n1-c1ccccc1. The first kappa shape index (κ1) is 18.1. The molecule has 4 aromatic rings. The largest absolute Gasteiger partial charge is 0.457 e. The predicted octanol–water partition coefficient (Wildman–Crippen LogP) is 6.98. The lowest BCUT2D eigenvalue weighted by Crippen LogP contribution is -2.00. The Labute approximate surface area is 169 Å². The third kappa shape index (κ3) is 4.16. The maximum atomic E-state index is 5.99. The Kier molecular flexibility index (Phi) is 5.27. The van der Waals surface area contributed by atoms with Crippen LogP contribution in [0.15, 0.2) is 96.0 Å². The first-order valence-electron chi connectivity index (χ1n) is 9.00. The van der Waals surface area contributed by atoms with Gasteiger partial charge in [-0.3, -0.25) is 4.99 Å². The number of aromatic nitrogens is 1. The van der Waals surface area contributed by atoms with E-state index in [1.165, 1.54) is 0 Å². The van der Waals surface area contributed by atoms with E-state index in [0.29, 0.717) is 10.8 Å². The molecule has 0 N–H and O–H groups in total. The van der Waals surface area contributed by atoms with Gasteiger partial charge in [0.2, 0.25) is 0 Å². The van der Waals surface area contributed by atoms with Crippen molar-refractivity contribution in [1.29, 1.82) is 0 Å². The summed E-state index contributed by atoms with van der Waals surface area (Å²) in [5.41, 5.74) is 4.18. The first-order valence-corrected chi connectivity index (χ1v) is 9.38. The van der Waals surface area contributed by atoms with Crippen molar-refractivity contribution in [2.75, 3.05) is 0 Å². The summed E-state index contributed by atoms with van der Waals surface area (Å²) in [5.74, 6) is 1.45. The van der Waals surface area contributed by atoms with Gasteiger partial charge in [0.25, 0.3) is 0 Å². The van der Waals surface area contributed by atoms with E-state index in [9.17, 15) is 0 Å². The Morgan fingerprint density at radius 1 is 0.821 bits per heavy atom. The summed E-state index contributed by atoms with van der Waals surface area (Å²) in [6, 6.07) is 29.4. The Morgan fingerprint density at radius 3 is 2.36 bits per heavy atom. The summed E-state index contributed by atoms with van der Waals surface area (Å²) in [4.78, 5) is 4.62. The number of aryl methyl sites for hydroxylation is 1. The number of hydrogen-bond donors (Lipinski definition) is 0. The molecule has 4 heteroatoms. The van der Waals surface area contributed by atoms with Crippen LogP contribution in [-0.4, -0.2) is 10.8 Å². The molecular weight excluding hydrogens is 368 g/mol. The molecule has 0 saturated carbocycles. The Balaban J connectivity index is 1.52. The molecule has 0 aliphatic rings. The number of nitrogens with zero attached hydrogens (tertiary/aromatic N) is 2. The lowest BCUT2D eigenvalue weighted by atomic mass is 10.3. The summed E-state index contributed by atoms with van der Waals surface area (Å²) in [5, 5.41) is 0.649. The second kappa shape index (κ2) is 8.15. The van der Waals surface area contributed by atoms with Gasteiger partial charge in [0, 0.05) is 16.4 Å². The number of para-hydroxylation sites is 1. The molecular formula is C24H19ClN2O. The van der Waals surface area contributed by atoms with Crippen LogP contribution in [0.1, 0.15) is 11.4 Å².